The zero-order valence-electron chi connectivity index (χ0n) is 9.93. The van der Waals surface area contributed by atoms with Gasteiger partial charge in [-0.15, -0.1) is 0 Å². The molecule has 0 saturated carbocycles. The van der Waals surface area contributed by atoms with Gasteiger partial charge < -0.3 is 20.1 Å². The summed E-state index contributed by atoms with van der Waals surface area (Å²) in [7, 11) is 1.61. The number of aromatic amines is 1. The fraction of sp³-hybridized carbons (Fsp3) is 0.154. The third-order valence-corrected chi connectivity index (χ3v) is 2.53. The molecule has 0 spiro atoms. The molecule has 0 amide bonds. The van der Waals surface area contributed by atoms with Gasteiger partial charge in [-0.3, -0.25) is 4.79 Å². The lowest BCUT2D eigenvalue weighted by Crippen LogP contribution is -2.07. The Balaban J connectivity index is 2.02. The van der Waals surface area contributed by atoms with E-state index in [1.165, 1.54) is 12.3 Å². The van der Waals surface area contributed by atoms with Gasteiger partial charge in [0.2, 0.25) is 5.43 Å². The summed E-state index contributed by atoms with van der Waals surface area (Å²) in [6.07, 6.45) is 1.29. The second-order valence-electron chi connectivity index (χ2n) is 3.79. The van der Waals surface area contributed by atoms with Crippen LogP contribution in [0.3, 0.4) is 0 Å². The summed E-state index contributed by atoms with van der Waals surface area (Å²) in [6, 6.07) is 8.84. The number of benzene rings is 1. The van der Waals surface area contributed by atoms with Gasteiger partial charge in [-0.2, -0.15) is 0 Å². The first-order chi connectivity index (χ1) is 8.69. The van der Waals surface area contributed by atoms with E-state index in [0.717, 1.165) is 11.4 Å². The molecule has 0 saturated heterocycles. The molecule has 0 aliphatic rings. The molecule has 2 aromatic rings. The number of methoxy groups -OCH3 is 1. The largest absolute Gasteiger partial charge is 0.503 e. The summed E-state index contributed by atoms with van der Waals surface area (Å²) in [5.74, 6) is 0.516. The average Bonchev–Trinajstić information content (AvgIpc) is 2.41. The molecule has 1 heterocycles. The Morgan fingerprint density at radius 1 is 1.33 bits per heavy atom. The number of nitrogens with one attached hydrogen (secondary N) is 2. The van der Waals surface area contributed by atoms with Crippen LogP contribution in [-0.4, -0.2) is 17.2 Å². The van der Waals surface area contributed by atoms with Crippen molar-refractivity contribution in [3.05, 3.63) is 52.4 Å². The van der Waals surface area contributed by atoms with Crippen molar-refractivity contribution in [3.8, 4) is 11.5 Å². The number of ether oxygens (including phenoxy) is 1. The van der Waals surface area contributed by atoms with E-state index in [0.29, 0.717) is 12.2 Å². The van der Waals surface area contributed by atoms with E-state index in [1.54, 1.807) is 7.11 Å². The number of aromatic hydroxyl groups is 1. The Bertz CT molecular complexity index is 576. The van der Waals surface area contributed by atoms with Crippen molar-refractivity contribution < 1.29 is 9.84 Å². The summed E-state index contributed by atoms with van der Waals surface area (Å²) in [6.45, 7) is 0.474. The summed E-state index contributed by atoms with van der Waals surface area (Å²) in [5, 5.41) is 12.3. The topological polar surface area (TPSA) is 74.3 Å². The molecule has 0 aliphatic heterocycles. The Morgan fingerprint density at radius 3 is 2.67 bits per heavy atom. The van der Waals surface area contributed by atoms with Crippen molar-refractivity contribution in [1.29, 1.82) is 0 Å². The van der Waals surface area contributed by atoms with Gasteiger partial charge in [0.05, 0.1) is 13.7 Å². The molecule has 0 atom stereocenters. The molecule has 0 aliphatic carbocycles. The summed E-state index contributed by atoms with van der Waals surface area (Å²) in [5.41, 5.74) is 1.23. The highest BCUT2D eigenvalue weighted by atomic mass is 16.5. The van der Waals surface area contributed by atoms with Crippen LogP contribution >= 0.6 is 0 Å². The average molecular weight is 246 g/mol. The van der Waals surface area contributed by atoms with E-state index in [1.807, 2.05) is 24.3 Å². The molecule has 5 heteroatoms. The highest BCUT2D eigenvalue weighted by Gasteiger charge is 1.99. The maximum absolute atomic E-state index is 11.2. The fourth-order valence-electron chi connectivity index (χ4n) is 1.51. The summed E-state index contributed by atoms with van der Waals surface area (Å²) < 4.78 is 5.06. The van der Waals surface area contributed by atoms with Crippen LogP contribution < -0.4 is 15.5 Å². The number of pyridine rings is 1. The third-order valence-electron chi connectivity index (χ3n) is 2.53. The summed E-state index contributed by atoms with van der Waals surface area (Å²) in [4.78, 5) is 14.1. The molecular weight excluding hydrogens is 232 g/mol. The van der Waals surface area contributed by atoms with Crippen LogP contribution in [0.25, 0.3) is 0 Å². The van der Waals surface area contributed by atoms with E-state index in [4.69, 9.17) is 9.84 Å². The van der Waals surface area contributed by atoms with Gasteiger partial charge >= 0.3 is 0 Å². The zero-order valence-corrected chi connectivity index (χ0v) is 9.93. The molecule has 0 fully saturated rings. The molecule has 1 aromatic heterocycles. The first kappa shape index (κ1) is 12.0. The standard InChI is InChI=1S/C13H14N2O3/c1-18-11-4-2-9(3-5-11)14-7-10-6-12(16)13(17)8-15-10/h2-6,8,14,17H,7H2,1H3,(H,15,16). The van der Waals surface area contributed by atoms with Crippen LogP contribution in [0.2, 0.25) is 0 Å². The van der Waals surface area contributed by atoms with Crippen molar-refractivity contribution in [2.75, 3.05) is 12.4 Å². The molecule has 3 N–H and O–H groups in total. The molecule has 1 aromatic carbocycles. The molecule has 2 rings (SSSR count). The Hall–Kier alpha value is -2.43. The number of aromatic nitrogens is 1. The van der Waals surface area contributed by atoms with Gasteiger partial charge in [-0.25, -0.2) is 0 Å². The molecule has 94 valence electrons. The van der Waals surface area contributed by atoms with Crippen molar-refractivity contribution in [2.24, 2.45) is 0 Å². The normalized spacial score (nSPS) is 10.1. The van der Waals surface area contributed by atoms with Crippen LogP contribution in [-0.2, 0) is 6.54 Å². The highest BCUT2D eigenvalue weighted by Crippen LogP contribution is 2.15. The predicted molar refractivity (Wildman–Crippen MR) is 69.0 cm³/mol. The summed E-state index contributed by atoms with van der Waals surface area (Å²) >= 11 is 0. The minimum atomic E-state index is -0.389. The second-order valence-corrected chi connectivity index (χ2v) is 3.79. The number of rotatable bonds is 4. The highest BCUT2D eigenvalue weighted by molar-refractivity contribution is 5.46. The smallest absolute Gasteiger partial charge is 0.223 e. The molecule has 5 nitrogen and oxygen atoms in total. The van der Waals surface area contributed by atoms with Gasteiger partial charge in [0.1, 0.15) is 5.75 Å². The van der Waals surface area contributed by atoms with Crippen LogP contribution in [0.4, 0.5) is 5.69 Å². The molecule has 0 radical (unpaired) electrons. The number of H-pyrrole nitrogens is 1. The first-order valence-electron chi connectivity index (χ1n) is 5.47. The van der Waals surface area contributed by atoms with Gasteiger partial charge in [-0.05, 0) is 24.3 Å². The Morgan fingerprint density at radius 2 is 2.06 bits per heavy atom. The number of hydrogen-bond acceptors (Lipinski definition) is 4. The molecule has 18 heavy (non-hydrogen) atoms. The second kappa shape index (κ2) is 5.27. The lowest BCUT2D eigenvalue weighted by molar-refractivity contribution is 0.415. The zero-order chi connectivity index (χ0) is 13.0. The third kappa shape index (κ3) is 2.82. The minimum Gasteiger partial charge on any atom is -0.503 e. The first-order valence-corrected chi connectivity index (χ1v) is 5.47. The van der Waals surface area contributed by atoms with Crippen molar-refractivity contribution in [2.45, 2.75) is 6.54 Å². The van der Waals surface area contributed by atoms with E-state index < -0.39 is 0 Å². The SMILES string of the molecule is COc1ccc(NCc2cc(=O)c(O)c[nH]2)cc1. The molecule has 0 bridgehead atoms. The Kier molecular flexibility index (Phi) is 3.52. The van der Waals surface area contributed by atoms with Crippen LogP contribution in [0.1, 0.15) is 5.69 Å². The molecular formula is C13H14N2O3. The lowest BCUT2D eigenvalue weighted by atomic mass is 10.3. The van der Waals surface area contributed by atoms with E-state index >= 15 is 0 Å². The van der Waals surface area contributed by atoms with E-state index in [9.17, 15) is 4.79 Å². The van der Waals surface area contributed by atoms with Crippen LogP contribution in [0.15, 0.2) is 41.3 Å². The minimum absolute atomic E-state index is 0.275. The van der Waals surface area contributed by atoms with Gasteiger partial charge in [-0.1, -0.05) is 0 Å². The van der Waals surface area contributed by atoms with Gasteiger partial charge in [0, 0.05) is 23.6 Å². The lowest BCUT2D eigenvalue weighted by Gasteiger charge is -2.07. The number of anilines is 1. The van der Waals surface area contributed by atoms with Gasteiger partial charge in [0.25, 0.3) is 0 Å². The molecule has 0 unspecified atom stereocenters. The van der Waals surface area contributed by atoms with Gasteiger partial charge in [0.15, 0.2) is 5.75 Å². The van der Waals surface area contributed by atoms with E-state index in [-0.39, 0.29) is 11.2 Å². The van der Waals surface area contributed by atoms with E-state index in [2.05, 4.69) is 10.3 Å². The Labute approximate surface area is 104 Å². The maximum Gasteiger partial charge on any atom is 0.223 e. The van der Waals surface area contributed by atoms with Crippen molar-refractivity contribution in [1.82, 2.24) is 4.98 Å². The monoisotopic (exact) mass is 246 g/mol. The maximum atomic E-state index is 11.2. The van der Waals surface area contributed by atoms with Crippen LogP contribution in [0, 0.1) is 0 Å². The fourth-order valence-corrected chi connectivity index (χ4v) is 1.51. The number of hydrogen-bond donors (Lipinski definition) is 3. The quantitative estimate of drug-likeness (QED) is 0.767. The van der Waals surface area contributed by atoms with Crippen LogP contribution in [0.5, 0.6) is 11.5 Å². The van der Waals surface area contributed by atoms with Crippen molar-refractivity contribution in [3.63, 3.8) is 0 Å². The van der Waals surface area contributed by atoms with Crippen molar-refractivity contribution >= 4 is 5.69 Å². The predicted octanol–water partition coefficient (Wildman–Crippen LogP) is 1.70.